The highest BCUT2D eigenvalue weighted by atomic mass is 15.3. The molecule has 0 radical (unpaired) electrons. The lowest BCUT2D eigenvalue weighted by Crippen LogP contribution is -2.25. The molecule has 0 saturated carbocycles. The fourth-order valence-electron chi connectivity index (χ4n) is 1.23. The molecular formula is C8H16N2. The third-order valence-corrected chi connectivity index (χ3v) is 2.05. The van der Waals surface area contributed by atoms with Gasteiger partial charge < -0.3 is 5.43 Å². The second-order valence-electron chi connectivity index (χ2n) is 3.02. The molecule has 0 aromatic rings. The fourth-order valence-corrected chi connectivity index (χ4v) is 1.23. The number of rotatable bonds is 3. The summed E-state index contributed by atoms with van der Waals surface area (Å²) < 4.78 is 0. The van der Waals surface area contributed by atoms with Crippen molar-refractivity contribution in [2.75, 3.05) is 0 Å². The van der Waals surface area contributed by atoms with Gasteiger partial charge in [0.15, 0.2) is 0 Å². The van der Waals surface area contributed by atoms with E-state index in [0.717, 1.165) is 0 Å². The van der Waals surface area contributed by atoms with Gasteiger partial charge in [0, 0.05) is 12.1 Å². The summed E-state index contributed by atoms with van der Waals surface area (Å²) in [6, 6.07) is 0.611. The Balaban J connectivity index is 2.17. The Labute approximate surface area is 62.7 Å². The molecule has 10 heavy (non-hydrogen) atoms. The van der Waals surface area contributed by atoms with Gasteiger partial charge in [0.05, 0.1) is 6.04 Å². The lowest BCUT2D eigenvalue weighted by molar-refractivity contribution is 0.453. The molecule has 2 nitrogen and oxygen atoms in total. The number of nitrogens with one attached hydrogen (secondary N) is 1. The average Bonchev–Trinajstić information content (AvgIpc) is 2.31. The van der Waals surface area contributed by atoms with Crippen LogP contribution in [0.3, 0.4) is 0 Å². The maximum absolute atomic E-state index is 4.02. The molecule has 0 bridgehead atoms. The average molecular weight is 140 g/mol. The molecule has 0 aromatic carbocycles. The first-order valence-corrected chi connectivity index (χ1v) is 4.13. The van der Waals surface area contributed by atoms with Crippen LogP contribution in [0.25, 0.3) is 0 Å². The van der Waals surface area contributed by atoms with Gasteiger partial charge in [-0.3, -0.25) is 0 Å². The Hall–Kier alpha value is -0.530. The summed E-state index contributed by atoms with van der Waals surface area (Å²) in [7, 11) is 0. The van der Waals surface area contributed by atoms with E-state index in [4.69, 9.17) is 0 Å². The molecular weight excluding hydrogens is 124 g/mol. The number of nitrogens with zero attached hydrogens (tertiary/aromatic N) is 1. The summed E-state index contributed by atoms with van der Waals surface area (Å²) >= 11 is 0. The summed E-state index contributed by atoms with van der Waals surface area (Å²) in [6.45, 7) is 4.43. The smallest absolute Gasteiger partial charge is 0.0515 e. The molecule has 0 amide bonds. The Morgan fingerprint density at radius 3 is 2.90 bits per heavy atom. The molecule has 1 unspecified atom stereocenters. The maximum atomic E-state index is 4.02. The third kappa shape index (κ3) is 1.72. The normalized spacial score (nSPS) is 30.6. The van der Waals surface area contributed by atoms with E-state index in [1.54, 1.807) is 0 Å². The molecule has 0 saturated heterocycles. The summed E-state index contributed by atoms with van der Waals surface area (Å²) in [5, 5.41) is 4.02. The van der Waals surface area contributed by atoms with Crippen molar-refractivity contribution >= 4 is 6.21 Å². The van der Waals surface area contributed by atoms with Crippen molar-refractivity contribution in [2.45, 2.75) is 39.2 Å². The predicted octanol–water partition coefficient (Wildman–Crippen LogP) is 1.77. The second-order valence-corrected chi connectivity index (χ2v) is 3.02. The number of unbranched alkanes of at least 4 members (excludes halogenated alkanes) is 1. The van der Waals surface area contributed by atoms with Gasteiger partial charge in [0.25, 0.3) is 0 Å². The largest absolute Gasteiger partial charge is 0.307 e. The van der Waals surface area contributed by atoms with Crippen molar-refractivity contribution in [3.05, 3.63) is 0 Å². The molecule has 0 spiro atoms. The minimum Gasteiger partial charge on any atom is -0.307 e. The molecule has 0 fully saturated rings. The van der Waals surface area contributed by atoms with Crippen molar-refractivity contribution < 1.29 is 0 Å². The number of hydrogen-bond donors (Lipinski definition) is 1. The number of hydrogen-bond acceptors (Lipinski definition) is 2. The monoisotopic (exact) mass is 140 g/mol. The van der Waals surface area contributed by atoms with Crippen LogP contribution in [0.5, 0.6) is 0 Å². The van der Waals surface area contributed by atoms with E-state index in [-0.39, 0.29) is 0 Å². The van der Waals surface area contributed by atoms with Crippen LogP contribution in [-0.4, -0.2) is 12.3 Å². The molecule has 1 rings (SSSR count). The summed E-state index contributed by atoms with van der Waals surface area (Å²) in [5.74, 6) is 0.631. The zero-order valence-corrected chi connectivity index (χ0v) is 6.80. The highest BCUT2D eigenvalue weighted by Gasteiger charge is 2.17. The van der Waals surface area contributed by atoms with Crippen molar-refractivity contribution in [2.24, 2.45) is 11.0 Å². The van der Waals surface area contributed by atoms with Gasteiger partial charge in [0.1, 0.15) is 0 Å². The van der Waals surface area contributed by atoms with Crippen LogP contribution < -0.4 is 5.43 Å². The first kappa shape index (κ1) is 7.58. The van der Waals surface area contributed by atoms with Gasteiger partial charge in [-0.1, -0.05) is 26.7 Å². The SMILES string of the molecule is CCCCC1NN=C[C@@H]1C. The summed E-state index contributed by atoms with van der Waals surface area (Å²) in [4.78, 5) is 0. The Bertz CT molecular complexity index is 120. The molecule has 1 heterocycles. The molecule has 1 N–H and O–H groups in total. The third-order valence-electron chi connectivity index (χ3n) is 2.05. The summed E-state index contributed by atoms with van der Waals surface area (Å²) in [5.41, 5.74) is 3.11. The minimum atomic E-state index is 0.611. The van der Waals surface area contributed by atoms with Crippen LogP contribution in [0.2, 0.25) is 0 Å². The standard InChI is InChI=1S/C8H16N2/c1-3-4-5-8-7(2)6-9-10-8/h6-8,10H,3-5H2,1-2H3/t7-,8?/m0/s1. The quantitative estimate of drug-likeness (QED) is 0.634. The topological polar surface area (TPSA) is 24.4 Å². The van der Waals surface area contributed by atoms with Gasteiger partial charge in [-0.05, 0) is 6.42 Å². The Morgan fingerprint density at radius 1 is 1.60 bits per heavy atom. The number of hydrazone groups is 1. The van der Waals surface area contributed by atoms with Crippen LogP contribution in [0.4, 0.5) is 0 Å². The molecule has 0 aromatic heterocycles. The van der Waals surface area contributed by atoms with Crippen molar-refractivity contribution in [1.29, 1.82) is 0 Å². The van der Waals surface area contributed by atoms with E-state index in [0.29, 0.717) is 12.0 Å². The van der Waals surface area contributed by atoms with Crippen LogP contribution >= 0.6 is 0 Å². The van der Waals surface area contributed by atoms with E-state index in [1.165, 1.54) is 19.3 Å². The molecule has 2 heteroatoms. The van der Waals surface area contributed by atoms with Crippen LogP contribution in [-0.2, 0) is 0 Å². The van der Waals surface area contributed by atoms with Crippen LogP contribution in [0, 0.1) is 5.92 Å². The lowest BCUT2D eigenvalue weighted by Gasteiger charge is -2.12. The van der Waals surface area contributed by atoms with E-state index in [1.807, 2.05) is 6.21 Å². The van der Waals surface area contributed by atoms with Gasteiger partial charge in [-0.2, -0.15) is 5.10 Å². The Morgan fingerprint density at radius 2 is 2.40 bits per heavy atom. The van der Waals surface area contributed by atoms with Gasteiger partial charge >= 0.3 is 0 Å². The first-order chi connectivity index (χ1) is 4.84. The van der Waals surface area contributed by atoms with Crippen molar-refractivity contribution in [3.8, 4) is 0 Å². The first-order valence-electron chi connectivity index (χ1n) is 4.13. The molecule has 58 valence electrons. The van der Waals surface area contributed by atoms with E-state index >= 15 is 0 Å². The van der Waals surface area contributed by atoms with E-state index in [9.17, 15) is 0 Å². The van der Waals surface area contributed by atoms with Gasteiger partial charge in [0.2, 0.25) is 0 Å². The summed E-state index contributed by atoms with van der Waals surface area (Å²) in [6.07, 6.45) is 5.86. The fraction of sp³-hybridized carbons (Fsp3) is 0.875. The zero-order chi connectivity index (χ0) is 7.40. The lowest BCUT2D eigenvalue weighted by atomic mass is 10.00. The van der Waals surface area contributed by atoms with Crippen LogP contribution in [0.1, 0.15) is 33.1 Å². The zero-order valence-electron chi connectivity index (χ0n) is 6.80. The molecule has 1 aliphatic rings. The van der Waals surface area contributed by atoms with Gasteiger partial charge in [-0.15, -0.1) is 0 Å². The molecule has 0 aliphatic carbocycles. The highest BCUT2D eigenvalue weighted by Crippen LogP contribution is 2.12. The maximum Gasteiger partial charge on any atom is 0.0515 e. The molecule has 2 atom stereocenters. The van der Waals surface area contributed by atoms with E-state index < -0.39 is 0 Å². The molecule has 1 aliphatic heterocycles. The van der Waals surface area contributed by atoms with Crippen LogP contribution in [0.15, 0.2) is 5.10 Å². The Kier molecular flexibility index (Phi) is 2.72. The second kappa shape index (κ2) is 3.59. The highest BCUT2D eigenvalue weighted by molar-refractivity contribution is 5.62. The van der Waals surface area contributed by atoms with Crippen molar-refractivity contribution in [3.63, 3.8) is 0 Å². The van der Waals surface area contributed by atoms with Crippen molar-refractivity contribution in [1.82, 2.24) is 5.43 Å². The predicted molar refractivity (Wildman–Crippen MR) is 44.1 cm³/mol. The van der Waals surface area contributed by atoms with Gasteiger partial charge in [-0.25, -0.2) is 0 Å². The minimum absolute atomic E-state index is 0.611. The van der Waals surface area contributed by atoms with E-state index in [2.05, 4.69) is 24.4 Å².